The molecule has 2 aromatic carbocycles. The van der Waals surface area contributed by atoms with Crippen LogP contribution in [0.3, 0.4) is 0 Å². The van der Waals surface area contributed by atoms with Crippen molar-refractivity contribution in [3.63, 3.8) is 0 Å². The van der Waals surface area contributed by atoms with E-state index in [0.717, 1.165) is 74.7 Å². The predicted molar refractivity (Wildman–Crippen MR) is 210 cm³/mol. The number of imide groups is 1. The molecule has 0 bridgehead atoms. The summed E-state index contributed by atoms with van der Waals surface area (Å²) in [5, 5.41) is 20.0. The van der Waals surface area contributed by atoms with Crippen LogP contribution in [-0.2, 0) is 16.6 Å². The zero-order valence-corrected chi connectivity index (χ0v) is 32.6. The monoisotopic (exact) mass is 819 g/mol. The summed E-state index contributed by atoms with van der Waals surface area (Å²) in [7, 11) is 0. The normalized spacial score (nSPS) is 17.3. The van der Waals surface area contributed by atoms with Gasteiger partial charge >= 0.3 is 12.2 Å². The molecule has 18 heteroatoms. The molecule has 7 rings (SSSR count). The predicted octanol–water partition coefficient (Wildman–Crippen LogP) is 5.42. The van der Waals surface area contributed by atoms with Gasteiger partial charge in [0.15, 0.2) is 0 Å². The van der Waals surface area contributed by atoms with Crippen LogP contribution in [0.25, 0.3) is 5.69 Å². The summed E-state index contributed by atoms with van der Waals surface area (Å²) in [5.74, 6) is -1.68. The second kappa shape index (κ2) is 16.8. The highest BCUT2D eigenvalue weighted by molar-refractivity contribution is 6.06. The fourth-order valence-electron chi connectivity index (χ4n) is 7.62. The first-order valence-electron chi connectivity index (χ1n) is 19.5. The van der Waals surface area contributed by atoms with Crippen LogP contribution in [0, 0.1) is 11.7 Å². The Hall–Kier alpha value is -5.88. The van der Waals surface area contributed by atoms with Gasteiger partial charge in [0.05, 0.1) is 23.3 Å². The van der Waals surface area contributed by atoms with Crippen molar-refractivity contribution in [2.75, 3.05) is 67.5 Å². The standard InChI is InChI=1S/C41H45F4N9O5/c1-40(2,59)36-32(47-37(56)31-4-3-5-34(46-31)41(43,44)45)25-54(49-36)29-9-7-28(8-10-29)51-22-20-50(21-23-51)16-12-26-13-17-52(18-14-26)38(57)27-6-11-30(42)33(24-27)53-19-15-35(55)48-39(53)58/h3-11,24-26,59H,12-23H2,1-2H3,(H,47,56)(H,48,55,58). The molecule has 5 heterocycles. The van der Waals surface area contributed by atoms with E-state index >= 15 is 0 Å². The first kappa shape index (κ1) is 41.3. The van der Waals surface area contributed by atoms with Crippen LogP contribution in [0.2, 0.25) is 0 Å². The SMILES string of the molecule is CC(C)(O)c1nn(-c2ccc(N3CCN(CCC4CCN(C(=O)c5ccc(F)c(N6CCC(=O)NC6=O)c5)CC4)CC3)cc2)cc1NC(=O)c1cccc(C(F)(F)F)n1. The van der Waals surface area contributed by atoms with Gasteiger partial charge in [-0.05, 0) is 100 Å². The van der Waals surface area contributed by atoms with Crippen LogP contribution in [0.4, 0.5) is 39.4 Å². The number of nitrogens with one attached hydrogen (secondary N) is 2. The maximum atomic E-state index is 14.7. The van der Waals surface area contributed by atoms with Crippen molar-refractivity contribution < 1.29 is 41.8 Å². The summed E-state index contributed by atoms with van der Waals surface area (Å²) in [5.41, 5.74) is -0.904. The minimum Gasteiger partial charge on any atom is -0.384 e. The number of carbonyl (C=O) groups is 4. The van der Waals surface area contributed by atoms with Gasteiger partial charge in [-0.15, -0.1) is 0 Å². The zero-order valence-electron chi connectivity index (χ0n) is 32.6. The van der Waals surface area contributed by atoms with Gasteiger partial charge in [0, 0.05) is 63.5 Å². The summed E-state index contributed by atoms with van der Waals surface area (Å²) in [4.78, 5) is 61.2. The van der Waals surface area contributed by atoms with Gasteiger partial charge in [-0.3, -0.25) is 29.5 Å². The number of likely N-dealkylation sites (tertiary alicyclic amines) is 1. The number of nitrogens with zero attached hydrogens (tertiary/aromatic N) is 7. The van der Waals surface area contributed by atoms with Crippen molar-refractivity contribution in [3.8, 4) is 5.69 Å². The first-order valence-corrected chi connectivity index (χ1v) is 19.5. The second-order valence-corrected chi connectivity index (χ2v) is 15.5. The largest absolute Gasteiger partial charge is 0.433 e. The summed E-state index contributed by atoms with van der Waals surface area (Å²) in [6.45, 7) is 8.56. The van der Waals surface area contributed by atoms with Gasteiger partial charge in [-0.1, -0.05) is 6.07 Å². The highest BCUT2D eigenvalue weighted by atomic mass is 19.4. The van der Waals surface area contributed by atoms with Crippen LogP contribution < -0.4 is 20.4 Å². The molecule has 0 aliphatic carbocycles. The molecular weight excluding hydrogens is 775 g/mol. The number of halogens is 4. The molecule has 3 aliphatic rings. The van der Waals surface area contributed by atoms with Gasteiger partial charge in [0.2, 0.25) is 5.91 Å². The number of pyridine rings is 1. The number of hydrogen-bond donors (Lipinski definition) is 3. The molecule has 4 aromatic rings. The molecule has 14 nitrogen and oxygen atoms in total. The Kier molecular flexibility index (Phi) is 11.7. The van der Waals surface area contributed by atoms with Gasteiger partial charge < -0.3 is 20.2 Å². The number of piperazine rings is 1. The number of carbonyl (C=O) groups excluding carboxylic acids is 4. The first-order chi connectivity index (χ1) is 28.0. The van der Waals surface area contributed by atoms with Gasteiger partial charge in [0.25, 0.3) is 11.8 Å². The smallest absolute Gasteiger partial charge is 0.384 e. The Morgan fingerprint density at radius 2 is 1.61 bits per heavy atom. The average molecular weight is 820 g/mol. The number of hydrogen-bond acceptors (Lipinski definition) is 9. The maximum absolute atomic E-state index is 14.7. The third-order valence-electron chi connectivity index (χ3n) is 11.0. The average Bonchev–Trinajstić information content (AvgIpc) is 3.65. The molecule has 59 heavy (non-hydrogen) atoms. The van der Waals surface area contributed by atoms with E-state index in [1.807, 2.05) is 24.3 Å². The van der Waals surface area contributed by atoms with Crippen LogP contribution in [0.1, 0.15) is 71.8 Å². The molecule has 5 amide bonds. The van der Waals surface area contributed by atoms with Gasteiger partial charge in [-0.2, -0.15) is 18.3 Å². The van der Waals surface area contributed by atoms with E-state index in [1.54, 1.807) is 4.90 Å². The number of rotatable bonds is 10. The van der Waals surface area contributed by atoms with Crippen molar-refractivity contribution >= 4 is 40.8 Å². The van der Waals surface area contributed by atoms with Crippen LogP contribution in [0.15, 0.2) is 66.9 Å². The molecule has 312 valence electrons. The molecule has 0 unspecified atom stereocenters. The minimum absolute atomic E-state index is 0.0249. The number of amides is 5. The van der Waals surface area contributed by atoms with E-state index in [-0.39, 0.29) is 35.9 Å². The quantitative estimate of drug-likeness (QED) is 0.178. The van der Waals surface area contributed by atoms with E-state index in [4.69, 9.17) is 0 Å². The Morgan fingerprint density at radius 3 is 2.27 bits per heavy atom. The highest BCUT2D eigenvalue weighted by Gasteiger charge is 2.34. The molecule has 2 aromatic heterocycles. The number of benzene rings is 2. The van der Waals surface area contributed by atoms with E-state index in [0.29, 0.717) is 30.3 Å². The third kappa shape index (κ3) is 9.54. The third-order valence-corrected chi connectivity index (χ3v) is 11.0. The Labute approximate surface area is 337 Å². The maximum Gasteiger partial charge on any atom is 0.433 e. The molecule has 3 N–H and O–H groups in total. The zero-order chi connectivity index (χ0) is 42.1. The van der Waals surface area contributed by atoms with Gasteiger partial charge in [0.1, 0.15) is 28.5 Å². The summed E-state index contributed by atoms with van der Waals surface area (Å²) >= 11 is 0. The number of aromatic nitrogens is 3. The lowest BCUT2D eigenvalue weighted by molar-refractivity contribution is -0.141. The molecule has 0 atom stereocenters. The van der Waals surface area contributed by atoms with Crippen molar-refractivity contribution in [1.82, 2.24) is 29.9 Å². The number of anilines is 3. The number of urea groups is 1. The molecule has 0 spiro atoms. The molecule has 3 saturated heterocycles. The van der Waals surface area contributed by atoms with E-state index in [2.05, 4.69) is 30.5 Å². The molecule has 0 radical (unpaired) electrons. The van der Waals surface area contributed by atoms with Crippen molar-refractivity contribution in [2.24, 2.45) is 5.92 Å². The Morgan fingerprint density at radius 1 is 0.915 bits per heavy atom. The fourth-order valence-corrected chi connectivity index (χ4v) is 7.62. The van der Waals surface area contributed by atoms with E-state index in [9.17, 15) is 41.8 Å². The Balaban J connectivity index is 0.883. The lowest BCUT2D eigenvalue weighted by Crippen LogP contribution is -2.50. The van der Waals surface area contributed by atoms with Crippen LogP contribution in [-0.4, -0.2) is 106 Å². The second-order valence-electron chi connectivity index (χ2n) is 15.5. The van der Waals surface area contributed by atoms with E-state index in [1.165, 1.54) is 49.0 Å². The molecule has 0 saturated carbocycles. The number of alkyl halides is 3. The van der Waals surface area contributed by atoms with Crippen molar-refractivity contribution in [1.29, 1.82) is 0 Å². The van der Waals surface area contributed by atoms with Crippen molar-refractivity contribution in [2.45, 2.75) is 51.3 Å². The fraction of sp³-hybridized carbons (Fsp3) is 0.415. The lowest BCUT2D eigenvalue weighted by Gasteiger charge is -2.37. The molecular formula is C41H45F4N9O5. The van der Waals surface area contributed by atoms with Crippen LogP contribution in [0.5, 0.6) is 0 Å². The number of aliphatic hydroxyl groups is 1. The van der Waals surface area contributed by atoms with E-state index < -0.39 is 46.8 Å². The molecule has 3 fully saturated rings. The highest BCUT2D eigenvalue weighted by Crippen LogP contribution is 2.31. The lowest BCUT2D eigenvalue weighted by atomic mass is 9.93. The van der Waals surface area contributed by atoms with Crippen LogP contribution >= 0.6 is 0 Å². The van der Waals surface area contributed by atoms with Crippen molar-refractivity contribution in [3.05, 3.63) is 95.3 Å². The Bertz CT molecular complexity index is 2210. The minimum atomic E-state index is -4.71. The summed E-state index contributed by atoms with van der Waals surface area (Å²) in [6, 6.07) is 14.0. The number of piperidine rings is 1. The van der Waals surface area contributed by atoms with Gasteiger partial charge in [-0.25, -0.2) is 18.9 Å². The summed E-state index contributed by atoms with van der Waals surface area (Å²) < 4.78 is 55.7. The topological polar surface area (TPSA) is 156 Å². The summed E-state index contributed by atoms with van der Waals surface area (Å²) in [6.07, 6.45) is -0.436. The molecule has 3 aliphatic heterocycles.